The summed E-state index contributed by atoms with van der Waals surface area (Å²) in [6, 6.07) is 4.21. The van der Waals surface area contributed by atoms with Gasteiger partial charge in [0.1, 0.15) is 18.2 Å². The molecule has 0 saturated heterocycles. The highest BCUT2D eigenvalue weighted by atomic mass is 19.1. The number of rotatable bonds is 4. The first-order chi connectivity index (χ1) is 7.77. The van der Waals surface area contributed by atoms with Gasteiger partial charge >= 0.3 is 0 Å². The van der Waals surface area contributed by atoms with Gasteiger partial charge in [0.25, 0.3) is 0 Å². The molecule has 0 aromatic heterocycles. The van der Waals surface area contributed by atoms with Crippen LogP contribution < -0.4 is 4.74 Å². The van der Waals surface area contributed by atoms with Crippen LogP contribution >= 0.6 is 0 Å². The molecule has 1 rings (SSSR count). The van der Waals surface area contributed by atoms with Crippen LogP contribution in [0.15, 0.2) is 18.2 Å². The van der Waals surface area contributed by atoms with Crippen molar-refractivity contribution in [2.45, 2.75) is 6.42 Å². The molecule has 1 aromatic rings. The van der Waals surface area contributed by atoms with E-state index in [2.05, 4.69) is 11.8 Å². The molecule has 0 atom stereocenters. The Kier molecular flexibility index (Phi) is 5.30. The molecule has 16 heavy (non-hydrogen) atoms. The maximum absolute atomic E-state index is 13.3. The number of halogens is 2. The minimum Gasteiger partial charge on any atom is -0.493 e. The fourth-order valence-corrected chi connectivity index (χ4v) is 1.07. The second kappa shape index (κ2) is 6.81. The molecule has 0 bridgehead atoms. The Morgan fingerprint density at radius 3 is 2.81 bits per heavy atom. The maximum atomic E-state index is 13.3. The molecule has 0 spiro atoms. The number of hydrogen-bond donors (Lipinski definition) is 1. The number of ether oxygens (including phenoxy) is 1. The van der Waals surface area contributed by atoms with E-state index in [4.69, 9.17) is 9.84 Å². The molecule has 0 amide bonds. The zero-order valence-corrected chi connectivity index (χ0v) is 8.67. The molecule has 0 aliphatic heterocycles. The van der Waals surface area contributed by atoms with Gasteiger partial charge in [-0.05, 0) is 12.1 Å². The van der Waals surface area contributed by atoms with Crippen molar-refractivity contribution in [1.29, 1.82) is 0 Å². The average Bonchev–Trinajstić information content (AvgIpc) is 2.28. The smallest absolute Gasteiger partial charge is 0.142 e. The van der Waals surface area contributed by atoms with E-state index in [0.29, 0.717) is 5.75 Å². The van der Waals surface area contributed by atoms with Gasteiger partial charge in [-0.2, -0.15) is 0 Å². The Morgan fingerprint density at radius 1 is 1.38 bits per heavy atom. The zero-order chi connectivity index (χ0) is 11.8. The number of benzene rings is 1. The van der Waals surface area contributed by atoms with Gasteiger partial charge in [-0.1, -0.05) is 11.8 Å². The Balaban J connectivity index is 2.67. The standard InChI is InChI=1S/C12H12F2O2/c13-6-2-8-16-11-5-4-10(3-1-7-15)12(14)9-11/h4-5,9,15H,2,6-8H2. The lowest BCUT2D eigenvalue weighted by Gasteiger charge is -2.05. The van der Waals surface area contributed by atoms with Gasteiger partial charge in [0.05, 0.1) is 18.8 Å². The monoisotopic (exact) mass is 226 g/mol. The quantitative estimate of drug-likeness (QED) is 0.627. The lowest BCUT2D eigenvalue weighted by Crippen LogP contribution is -1.98. The van der Waals surface area contributed by atoms with Crippen molar-refractivity contribution >= 4 is 0 Å². The van der Waals surface area contributed by atoms with Crippen LogP contribution in [0.1, 0.15) is 12.0 Å². The SMILES string of the molecule is OCC#Cc1ccc(OCCCF)cc1F. The first-order valence-electron chi connectivity index (χ1n) is 4.86. The molecule has 0 aliphatic rings. The molecule has 0 aliphatic carbocycles. The highest BCUT2D eigenvalue weighted by Crippen LogP contribution is 2.16. The maximum Gasteiger partial charge on any atom is 0.142 e. The molecule has 1 N–H and O–H groups in total. The van der Waals surface area contributed by atoms with Crippen molar-refractivity contribution in [1.82, 2.24) is 0 Å². The minimum absolute atomic E-state index is 0.201. The molecule has 1 aromatic carbocycles. The third-order valence-corrected chi connectivity index (χ3v) is 1.79. The Labute approximate surface area is 92.9 Å². The molecule has 0 saturated carbocycles. The van der Waals surface area contributed by atoms with E-state index in [1.54, 1.807) is 6.07 Å². The summed E-state index contributed by atoms with van der Waals surface area (Å²) in [4.78, 5) is 0. The van der Waals surface area contributed by atoms with Crippen LogP contribution in [0.5, 0.6) is 5.75 Å². The van der Waals surface area contributed by atoms with Crippen molar-refractivity contribution < 1.29 is 18.6 Å². The number of aliphatic hydroxyl groups is 1. The van der Waals surface area contributed by atoms with Crippen molar-refractivity contribution in [3.05, 3.63) is 29.6 Å². The zero-order valence-electron chi connectivity index (χ0n) is 8.67. The first-order valence-corrected chi connectivity index (χ1v) is 4.86. The molecule has 4 heteroatoms. The summed E-state index contributed by atoms with van der Waals surface area (Å²) < 4.78 is 30.2. The lowest BCUT2D eigenvalue weighted by atomic mass is 10.2. The third-order valence-electron chi connectivity index (χ3n) is 1.79. The largest absolute Gasteiger partial charge is 0.493 e. The summed E-state index contributed by atoms with van der Waals surface area (Å²) >= 11 is 0. The summed E-state index contributed by atoms with van der Waals surface area (Å²) in [6.45, 7) is -0.547. The molecule has 2 nitrogen and oxygen atoms in total. The summed E-state index contributed by atoms with van der Waals surface area (Å²) in [7, 11) is 0. The molecule has 0 unspecified atom stereocenters. The molecule has 86 valence electrons. The summed E-state index contributed by atoms with van der Waals surface area (Å²) in [5, 5.41) is 8.46. The van der Waals surface area contributed by atoms with Crippen LogP contribution in [-0.2, 0) is 0 Å². The van der Waals surface area contributed by atoms with Crippen molar-refractivity contribution in [2.24, 2.45) is 0 Å². The van der Waals surface area contributed by atoms with Gasteiger partial charge < -0.3 is 9.84 Å². The van der Waals surface area contributed by atoms with E-state index in [-0.39, 0.29) is 25.2 Å². The van der Waals surface area contributed by atoms with Crippen LogP contribution in [0.2, 0.25) is 0 Å². The van der Waals surface area contributed by atoms with E-state index < -0.39 is 12.5 Å². The molecule has 0 radical (unpaired) electrons. The van der Waals surface area contributed by atoms with E-state index in [0.717, 1.165) is 0 Å². The number of aliphatic hydroxyl groups excluding tert-OH is 1. The number of hydrogen-bond acceptors (Lipinski definition) is 2. The second-order valence-electron chi connectivity index (χ2n) is 2.99. The highest BCUT2D eigenvalue weighted by Gasteiger charge is 2.01. The highest BCUT2D eigenvalue weighted by molar-refractivity contribution is 5.39. The Morgan fingerprint density at radius 2 is 2.19 bits per heavy atom. The van der Waals surface area contributed by atoms with Gasteiger partial charge in [-0.3, -0.25) is 4.39 Å². The van der Waals surface area contributed by atoms with E-state index >= 15 is 0 Å². The molecule has 0 fully saturated rings. The van der Waals surface area contributed by atoms with Crippen molar-refractivity contribution in [3.63, 3.8) is 0 Å². The van der Waals surface area contributed by atoms with Gasteiger partial charge in [0.15, 0.2) is 0 Å². The average molecular weight is 226 g/mol. The van der Waals surface area contributed by atoms with E-state index in [1.165, 1.54) is 12.1 Å². The molecular weight excluding hydrogens is 214 g/mol. The van der Waals surface area contributed by atoms with Gasteiger partial charge in [-0.15, -0.1) is 0 Å². The Hall–Kier alpha value is -1.60. The lowest BCUT2D eigenvalue weighted by molar-refractivity contribution is 0.288. The van der Waals surface area contributed by atoms with Crippen molar-refractivity contribution in [3.8, 4) is 17.6 Å². The topological polar surface area (TPSA) is 29.5 Å². The molecule has 0 heterocycles. The van der Waals surface area contributed by atoms with Gasteiger partial charge in [0.2, 0.25) is 0 Å². The predicted molar refractivity (Wildman–Crippen MR) is 56.5 cm³/mol. The minimum atomic E-state index is -0.515. The van der Waals surface area contributed by atoms with Crippen LogP contribution in [0, 0.1) is 17.7 Å². The fourth-order valence-electron chi connectivity index (χ4n) is 1.07. The molecular formula is C12H12F2O2. The van der Waals surface area contributed by atoms with Gasteiger partial charge in [-0.25, -0.2) is 4.39 Å². The second-order valence-corrected chi connectivity index (χ2v) is 2.99. The normalized spacial score (nSPS) is 9.44. The van der Waals surface area contributed by atoms with Crippen LogP contribution in [0.3, 0.4) is 0 Å². The van der Waals surface area contributed by atoms with Crippen LogP contribution in [0.4, 0.5) is 8.78 Å². The van der Waals surface area contributed by atoms with Crippen molar-refractivity contribution in [2.75, 3.05) is 19.9 Å². The third kappa shape index (κ3) is 3.87. The summed E-state index contributed by atoms with van der Waals surface area (Å²) in [5.74, 6) is 4.65. The first kappa shape index (κ1) is 12.5. The van der Waals surface area contributed by atoms with Crippen LogP contribution in [0.25, 0.3) is 0 Å². The number of alkyl halides is 1. The predicted octanol–water partition coefficient (Wildman–Crippen LogP) is 1.91. The summed E-state index contributed by atoms with van der Waals surface area (Å²) in [5.41, 5.74) is 0.201. The summed E-state index contributed by atoms with van der Waals surface area (Å²) in [6.07, 6.45) is 0.285. The van der Waals surface area contributed by atoms with Crippen LogP contribution in [-0.4, -0.2) is 25.0 Å². The van der Waals surface area contributed by atoms with E-state index in [1.807, 2.05) is 0 Å². The van der Waals surface area contributed by atoms with Gasteiger partial charge in [0, 0.05) is 12.5 Å². The van der Waals surface area contributed by atoms with E-state index in [9.17, 15) is 8.78 Å². The fraction of sp³-hybridized carbons (Fsp3) is 0.333. The Bertz CT molecular complexity index is 394.